The fraction of sp³-hybridized carbons (Fsp3) is 0.200. The normalized spacial score (nSPS) is 10.9. The van der Waals surface area contributed by atoms with Crippen molar-refractivity contribution in [2.75, 3.05) is 12.3 Å². The van der Waals surface area contributed by atoms with Gasteiger partial charge in [0.15, 0.2) is 11.2 Å². The SMILES string of the molecule is CCOc1nc(N)nc2ncc(-c3ccc(C)c(F)c3)nc12. The minimum atomic E-state index is -0.294. The van der Waals surface area contributed by atoms with E-state index < -0.39 is 0 Å². The number of fused-ring (bicyclic) bond motifs is 1. The van der Waals surface area contributed by atoms with Crippen molar-refractivity contribution in [3.8, 4) is 17.1 Å². The first kappa shape index (κ1) is 14.1. The van der Waals surface area contributed by atoms with Crippen LogP contribution in [0.2, 0.25) is 0 Å². The molecule has 0 saturated heterocycles. The van der Waals surface area contributed by atoms with Crippen molar-refractivity contribution in [3.63, 3.8) is 0 Å². The Morgan fingerprint density at radius 3 is 2.77 bits per heavy atom. The number of benzene rings is 1. The van der Waals surface area contributed by atoms with Crippen LogP contribution in [0.25, 0.3) is 22.4 Å². The standard InChI is InChI=1S/C15H14FN5O/c1-3-22-14-12-13(20-15(17)21-14)18-7-11(19-12)9-5-4-8(2)10(16)6-9/h4-7H,3H2,1-2H3,(H2,17,18,20,21). The molecule has 7 heteroatoms. The van der Waals surface area contributed by atoms with Gasteiger partial charge < -0.3 is 10.5 Å². The predicted octanol–water partition coefficient (Wildman–Crippen LogP) is 2.52. The summed E-state index contributed by atoms with van der Waals surface area (Å²) in [4.78, 5) is 16.7. The highest BCUT2D eigenvalue weighted by molar-refractivity contribution is 5.79. The lowest BCUT2D eigenvalue weighted by Crippen LogP contribution is -2.04. The molecule has 6 nitrogen and oxygen atoms in total. The maximum Gasteiger partial charge on any atom is 0.247 e. The molecule has 3 aromatic rings. The number of nitrogens with zero attached hydrogens (tertiary/aromatic N) is 4. The van der Waals surface area contributed by atoms with Crippen LogP contribution in [-0.4, -0.2) is 26.5 Å². The minimum Gasteiger partial charge on any atom is -0.476 e. The molecule has 0 saturated carbocycles. The Bertz CT molecular complexity index is 853. The fourth-order valence-electron chi connectivity index (χ4n) is 2.03. The summed E-state index contributed by atoms with van der Waals surface area (Å²) < 4.78 is 19.1. The van der Waals surface area contributed by atoms with Crippen LogP contribution in [0.1, 0.15) is 12.5 Å². The Labute approximate surface area is 126 Å². The number of hydrogen-bond acceptors (Lipinski definition) is 6. The number of halogens is 1. The number of nitrogens with two attached hydrogens (primary N) is 1. The lowest BCUT2D eigenvalue weighted by Gasteiger charge is -2.08. The maximum atomic E-state index is 13.7. The molecule has 2 aromatic heterocycles. The van der Waals surface area contributed by atoms with Crippen molar-refractivity contribution in [2.45, 2.75) is 13.8 Å². The van der Waals surface area contributed by atoms with Gasteiger partial charge in [-0.15, -0.1) is 0 Å². The summed E-state index contributed by atoms with van der Waals surface area (Å²) in [5.41, 5.74) is 8.07. The number of hydrogen-bond donors (Lipinski definition) is 1. The monoisotopic (exact) mass is 299 g/mol. The van der Waals surface area contributed by atoms with E-state index in [1.54, 1.807) is 19.1 Å². The summed E-state index contributed by atoms with van der Waals surface area (Å²) in [6.07, 6.45) is 1.52. The summed E-state index contributed by atoms with van der Waals surface area (Å²) in [6.45, 7) is 3.95. The number of aromatic nitrogens is 4. The first-order valence-corrected chi connectivity index (χ1v) is 6.78. The van der Waals surface area contributed by atoms with Gasteiger partial charge in [-0.05, 0) is 25.5 Å². The van der Waals surface area contributed by atoms with Gasteiger partial charge in [0, 0.05) is 5.56 Å². The molecular weight excluding hydrogens is 285 g/mol. The molecule has 0 spiro atoms. The Morgan fingerprint density at radius 1 is 1.23 bits per heavy atom. The van der Waals surface area contributed by atoms with E-state index in [4.69, 9.17) is 10.5 Å². The third kappa shape index (κ3) is 2.52. The number of rotatable bonds is 3. The smallest absolute Gasteiger partial charge is 0.247 e. The van der Waals surface area contributed by atoms with E-state index in [-0.39, 0.29) is 17.6 Å². The van der Waals surface area contributed by atoms with Gasteiger partial charge in [-0.3, -0.25) is 0 Å². The number of anilines is 1. The van der Waals surface area contributed by atoms with Crippen LogP contribution in [-0.2, 0) is 0 Å². The maximum absolute atomic E-state index is 13.7. The molecule has 0 radical (unpaired) electrons. The quantitative estimate of drug-likeness (QED) is 0.799. The van der Waals surface area contributed by atoms with E-state index >= 15 is 0 Å². The molecule has 0 aliphatic rings. The van der Waals surface area contributed by atoms with E-state index in [2.05, 4.69) is 19.9 Å². The van der Waals surface area contributed by atoms with Gasteiger partial charge in [-0.2, -0.15) is 9.97 Å². The summed E-state index contributed by atoms with van der Waals surface area (Å²) >= 11 is 0. The summed E-state index contributed by atoms with van der Waals surface area (Å²) in [7, 11) is 0. The van der Waals surface area contributed by atoms with Gasteiger partial charge >= 0.3 is 0 Å². The second-order valence-corrected chi connectivity index (χ2v) is 4.71. The first-order chi connectivity index (χ1) is 10.6. The molecule has 0 amide bonds. The highest BCUT2D eigenvalue weighted by Gasteiger charge is 2.12. The second-order valence-electron chi connectivity index (χ2n) is 4.71. The number of nitrogen functional groups attached to an aromatic ring is 1. The van der Waals surface area contributed by atoms with E-state index in [1.165, 1.54) is 12.3 Å². The van der Waals surface area contributed by atoms with Gasteiger partial charge in [0.25, 0.3) is 0 Å². The van der Waals surface area contributed by atoms with Crippen LogP contribution in [0.5, 0.6) is 5.88 Å². The molecule has 0 bridgehead atoms. The molecule has 0 fully saturated rings. The lowest BCUT2D eigenvalue weighted by molar-refractivity contribution is 0.330. The van der Waals surface area contributed by atoms with Gasteiger partial charge in [0.05, 0.1) is 18.5 Å². The fourth-order valence-corrected chi connectivity index (χ4v) is 2.03. The van der Waals surface area contributed by atoms with E-state index in [9.17, 15) is 4.39 Å². The van der Waals surface area contributed by atoms with Crippen molar-refractivity contribution in [3.05, 3.63) is 35.8 Å². The van der Waals surface area contributed by atoms with Gasteiger partial charge in [-0.1, -0.05) is 12.1 Å². The Kier molecular flexibility index (Phi) is 3.54. The second kappa shape index (κ2) is 5.51. The summed E-state index contributed by atoms with van der Waals surface area (Å²) in [5, 5.41) is 0. The van der Waals surface area contributed by atoms with Gasteiger partial charge in [0.2, 0.25) is 11.8 Å². The van der Waals surface area contributed by atoms with E-state index in [1.807, 2.05) is 6.92 Å². The van der Waals surface area contributed by atoms with Crippen LogP contribution < -0.4 is 10.5 Å². The molecule has 0 aliphatic carbocycles. The van der Waals surface area contributed by atoms with Crippen LogP contribution in [0.3, 0.4) is 0 Å². The molecule has 22 heavy (non-hydrogen) atoms. The third-order valence-electron chi connectivity index (χ3n) is 3.14. The van der Waals surface area contributed by atoms with Crippen molar-refractivity contribution in [1.29, 1.82) is 0 Å². The van der Waals surface area contributed by atoms with Crippen LogP contribution in [0.15, 0.2) is 24.4 Å². The molecule has 112 valence electrons. The zero-order chi connectivity index (χ0) is 15.7. The minimum absolute atomic E-state index is 0.0689. The number of aryl methyl sites for hydroxylation is 1. The van der Waals surface area contributed by atoms with Crippen molar-refractivity contribution < 1.29 is 9.13 Å². The Hall–Kier alpha value is -2.83. The van der Waals surface area contributed by atoms with Crippen LogP contribution in [0, 0.1) is 12.7 Å². The molecule has 2 heterocycles. The molecule has 0 aliphatic heterocycles. The lowest BCUT2D eigenvalue weighted by atomic mass is 10.1. The van der Waals surface area contributed by atoms with Crippen LogP contribution in [0.4, 0.5) is 10.3 Å². The summed E-state index contributed by atoms with van der Waals surface area (Å²) in [6, 6.07) is 4.90. The highest BCUT2D eigenvalue weighted by atomic mass is 19.1. The average molecular weight is 299 g/mol. The zero-order valence-electron chi connectivity index (χ0n) is 12.2. The molecule has 1 aromatic carbocycles. The van der Waals surface area contributed by atoms with Gasteiger partial charge in [0.1, 0.15) is 5.82 Å². The molecule has 2 N–H and O–H groups in total. The first-order valence-electron chi connectivity index (χ1n) is 6.78. The summed E-state index contributed by atoms with van der Waals surface area (Å²) in [5.74, 6) is 0.0456. The molecular formula is C15H14FN5O. The Morgan fingerprint density at radius 2 is 2.05 bits per heavy atom. The Balaban J connectivity index is 2.17. The molecule has 0 atom stereocenters. The van der Waals surface area contributed by atoms with Crippen LogP contribution >= 0.6 is 0 Å². The molecule has 0 unspecified atom stereocenters. The van der Waals surface area contributed by atoms with Crippen molar-refractivity contribution in [1.82, 2.24) is 19.9 Å². The zero-order valence-corrected chi connectivity index (χ0v) is 12.2. The largest absolute Gasteiger partial charge is 0.476 e. The highest BCUT2D eigenvalue weighted by Crippen LogP contribution is 2.25. The predicted molar refractivity (Wildman–Crippen MR) is 80.8 cm³/mol. The van der Waals surface area contributed by atoms with Crippen molar-refractivity contribution >= 4 is 17.1 Å². The molecule has 3 rings (SSSR count). The number of ether oxygens (including phenoxy) is 1. The van der Waals surface area contributed by atoms with Crippen molar-refractivity contribution in [2.24, 2.45) is 0 Å². The average Bonchev–Trinajstić information content (AvgIpc) is 2.50. The van der Waals surface area contributed by atoms with E-state index in [0.29, 0.717) is 34.6 Å². The van der Waals surface area contributed by atoms with Gasteiger partial charge in [-0.25, -0.2) is 14.4 Å². The third-order valence-corrected chi connectivity index (χ3v) is 3.14. The van der Waals surface area contributed by atoms with E-state index in [0.717, 1.165) is 0 Å². The topological polar surface area (TPSA) is 86.8 Å².